The molecule has 0 aromatic heterocycles. The maximum absolute atomic E-state index is 12.0. The van der Waals surface area contributed by atoms with Gasteiger partial charge in [-0.25, -0.2) is 0 Å². The van der Waals surface area contributed by atoms with Gasteiger partial charge in [0.2, 0.25) is 11.8 Å². The number of rotatable bonds is 6. The zero-order valence-corrected chi connectivity index (χ0v) is 11.7. The van der Waals surface area contributed by atoms with Gasteiger partial charge in [-0.3, -0.25) is 19.7 Å². The Balaban J connectivity index is 1.77. The second kappa shape index (κ2) is 6.85. The number of benzene rings is 1. The lowest BCUT2D eigenvalue weighted by Crippen LogP contribution is -2.40. The molecule has 1 saturated heterocycles. The molecule has 21 heavy (non-hydrogen) atoms. The van der Waals surface area contributed by atoms with E-state index in [0.717, 1.165) is 5.69 Å². The first-order valence-corrected chi connectivity index (χ1v) is 6.74. The van der Waals surface area contributed by atoms with Gasteiger partial charge in [0, 0.05) is 25.8 Å². The minimum Gasteiger partial charge on any atom is -0.387 e. The highest BCUT2D eigenvalue weighted by molar-refractivity contribution is 6.05. The van der Waals surface area contributed by atoms with Crippen molar-refractivity contribution in [3.05, 3.63) is 29.8 Å². The molecule has 1 aromatic carbocycles. The first-order valence-electron chi connectivity index (χ1n) is 6.74. The molecule has 112 valence electrons. The molecule has 1 fully saturated rings. The van der Waals surface area contributed by atoms with Crippen LogP contribution in [-0.4, -0.2) is 43.9 Å². The number of amides is 3. The topological polar surface area (TPSA) is 99.3 Å². The number of hydrogen-bond donors (Lipinski definition) is 4. The summed E-state index contributed by atoms with van der Waals surface area (Å²) < 4.78 is 0. The molecule has 3 amide bonds. The highest BCUT2D eigenvalue weighted by atomic mass is 16.2. The molecule has 1 aliphatic heterocycles. The second-order valence-electron chi connectivity index (χ2n) is 4.67. The van der Waals surface area contributed by atoms with Crippen LogP contribution in [0.1, 0.15) is 16.8 Å². The highest BCUT2D eigenvalue weighted by Crippen LogP contribution is 2.13. The summed E-state index contributed by atoms with van der Waals surface area (Å²) >= 11 is 0. The average molecular weight is 290 g/mol. The van der Waals surface area contributed by atoms with Gasteiger partial charge in [-0.2, -0.15) is 0 Å². The summed E-state index contributed by atoms with van der Waals surface area (Å²) in [4.78, 5) is 34.4. The Morgan fingerprint density at radius 1 is 1.29 bits per heavy atom. The summed E-state index contributed by atoms with van der Waals surface area (Å²) in [6.45, 7) is 0.785. The Labute approximate surface area is 122 Å². The predicted octanol–water partition coefficient (Wildman–Crippen LogP) is -0.537. The number of anilines is 1. The summed E-state index contributed by atoms with van der Waals surface area (Å²) in [5.41, 5.74) is 1.32. The number of carbonyl (C=O) groups is 3. The van der Waals surface area contributed by atoms with E-state index >= 15 is 0 Å². The van der Waals surface area contributed by atoms with Gasteiger partial charge in [-0.1, -0.05) is 12.1 Å². The molecule has 0 spiro atoms. The fourth-order valence-electron chi connectivity index (χ4n) is 2.14. The van der Waals surface area contributed by atoms with Crippen molar-refractivity contribution in [1.82, 2.24) is 16.0 Å². The number of imide groups is 1. The minimum absolute atomic E-state index is 0.148. The minimum atomic E-state index is -0.501. The first kappa shape index (κ1) is 15.0. The Hall–Kier alpha value is -2.41. The van der Waals surface area contributed by atoms with E-state index in [0.29, 0.717) is 18.7 Å². The second-order valence-corrected chi connectivity index (χ2v) is 4.67. The van der Waals surface area contributed by atoms with Crippen LogP contribution in [0.5, 0.6) is 0 Å². The molecule has 0 aliphatic carbocycles. The quantitative estimate of drug-likeness (QED) is 0.417. The summed E-state index contributed by atoms with van der Waals surface area (Å²) in [6.07, 6.45) is 0.148. The van der Waals surface area contributed by atoms with Crippen molar-refractivity contribution in [3.8, 4) is 0 Å². The molecule has 1 unspecified atom stereocenters. The SMILES string of the molecule is CNc1ccccc1C(=O)NCCNC1CC(=O)NC1=O. The molecule has 2 rings (SSSR count). The molecule has 1 aromatic rings. The Morgan fingerprint density at radius 2 is 2.05 bits per heavy atom. The van der Waals surface area contributed by atoms with Crippen molar-refractivity contribution in [3.63, 3.8) is 0 Å². The molecule has 1 atom stereocenters. The monoisotopic (exact) mass is 290 g/mol. The zero-order valence-electron chi connectivity index (χ0n) is 11.7. The zero-order chi connectivity index (χ0) is 15.2. The lowest BCUT2D eigenvalue weighted by atomic mass is 10.1. The van der Waals surface area contributed by atoms with Crippen molar-refractivity contribution in [1.29, 1.82) is 0 Å². The van der Waals surface area contributed by atoms with Crippen molar-refractivity contribution in [2.24, 2.45) is 0 Å². The van der Waals surface area contributed by atoms with Crippen LogP contribution in [0, 0.1) is 0 Å². The van der Waals surface area contributed by atoms with Crippen molar-refractivity contribution >= 4 is 23.4 Å². The van der Waals surface area contributed by atoms with E-state index in [-0.39, 0.29) is 24.1 Å². The van der Waals surface area contributed by atoms with Crippen LogP contribution < -0.4 is 21.3 Å². The van der Waals surface area contributed by atoms with Crippen molar-refractivity contribution in [2.45, 2.75) is 12.5 Å². The third kappa shape index (κ3) is 3.79. The van der Waals surface area contributed by atoms with Gasteiger partial charge >= 0.3 is 0 Å². The van der Waals surface area contributed by atoms with E-state index in [4.69, 9.17) is 0 Å². The van der Waals surface area contributed by atoms with E-state index in [1.54, 1.807) is 19.2 Å². The van der Waals surface area contributed by atoms with E-state index in [9.17, 15) is 14.4 Å². The standard InChI is InChI=1S/C14H18N4O3/c1-15-10-5-3-2-4-9(10)13(20)17-7-6-16-11-8-12(19)18-14(11)21/h2-5,11,15-16H,6-8H2,1H3,(H,17,20)(H,18,19,21). The van der Waals surface area contributed by atoms with Crippen LogP contribution in [0.2, 0.25) is 0 Å². The lowest BCUT2D eigenvalue weighted by Gasteiger charge is -2.11. The Kier molecular flexibility index (Phi) is 4.89. The van der Waals surface area contributed by atoms with Crippen LogP contribution in [0.25, 0.3) is 0 Å². The number of hydrogen-bond acceptors (Lipinski definition) is 5. The smallest absolute Gasteiger partial charge is 0.253 e. The molecule has 0 bridgehead atoms. The first-order chi connectivity index (χ1) is 10.1. The molecule has 1 aliphatic rings. The molecule has 1 heterocycles. The van der Waals surface area contributed by atoms with Gasteiger partial charge in [0.1, 0.15) is 0 Å². The Morgan fingerprint density at radius 3 is 2.71 bits per heavy atom. The number of para-hydroxylation sites is 1. The van der Waals surface area contributed by atoms with Crippen molar-refractivity contribution in [2.75, 3.05) is 25.5 Å². The maximum Gasteiger partial charge on any atom is 0.253 e. The van der Waals surface area contributed by atoms with Crippen LogP contribution in [-0.2, 0) is 9.59 Å². The molecule has 7 heteroatoms. The number of carbonyl (C=O) groups excluding carboxylic acids is 3. The Bertz CT molecular complexity index is 559. The molecule has 4 N–H and O–H groups in total. The predicted molar refractivity (Wildman–Crippen MR) is 77.9 cm³/mol. The number of nitrogens with one attached hydrogen (secondary N) is 4. The van der Waals surface area contributed by atoms with Gasteiger partial charge in [0.15, 0.2) is 0 Å². The van der Waals surface area contributed by atoms with Gasteiger partial charge in [0.05, 0.1) is 18.0 Å². The summed E-state index contributed by atoms with van der Waals surface area (Å²) in [6, 6.07) is 6.70. The van der Waals surface area contributed by atoms with E-state index in [1.807, 2.05) is 12.1 Å². The van der Waals surface area contributed by atoms with Crippen LogP contribution in [0.3, 0.4) is 0 Å². The van der Waals surface area contributed by atoms with E-state index in [2.05, 4.69) is 21.3 Å². The average Bonchev–Trinajstić information content (AvgIpc) is 2.81. The molecule has 7 nitrogen and oxygen atoms in total. The summed E-state index contributed by atoms with van der Waals surface area (Å²) in [5, 5.41) is 10.9. The van der Waals surface area contributed by atoms with Crippen LogP contribution in [0.4, 0.5) is 5.69 Å². The third-order valence-corrected chi connectivity index (χ3v) is 3.21. The van der Waals surface area contributed by atoms with E-state index < -0.39 is 6.04 Å². The summed E-state index contributed by atoms with van der Waals surface area (Å²) in [5.74, 6) is -0.773. The molecular formula is C14H18N4O3. The third-order valence-electron chi connectivity index (χ3n) is 3.21. The van der Waals surface area contributed by atoms with Gasteiger partial charge < -0.3 is 16.0 Å². The highest BCUT2D eigenvalue weighted by Gasteiger charge is 2.29. The van der Waals surface area contributed by atoms with Crippen LogP contribution in [0.15, 0.2) is 24.3 Å². The normalized spacial score (nSPS) is 17.5. The fraction of sp³-hybridized carbons (Fsp3) is 0.357. The van der Waals surface area contributed by atoms with Crippen molar-refractivity contribution < 1.29 is 14.4 Å². The molecule has 0 radical (unpaired) electrons. The van der Waals surface area contributed by atoms with Gasteiger partial charge in [-0.15, -0.1) is 0 Å². The van der Waals surface area contributed by atoms with Crippen LogP contribution >= 0.6 is 0 Å². The van der Waals surface area contributed by atoms with Gasteiger partial charge in [0.25, 0.3) is 5.91 Å². The molecular weight excluding hydrogens is 272 g/mol. The van der Waals surface area contributed by atoms with Gasteiger partial charge in [-0.05, 0) is 12.1 Å². The fourth-order valence-corrected chi connectivity index (χ4v) is 2.14. The lowest BCUT2D eigenvalue weighted by molar-refractivity contribution is -0.125. The largest absolute Gasteiger partial charge is 0.387 e. The molecule has 0 saturated carbocycles. The maximum atomic E-state index is 12.0. The summed E-state index contributed by atoms with van der Waals surface area (Å²) in [7, 11) is 1.75. The van der Waals surface area contributed by atoms with E-state index in [1.165, 1.54) is 0 Å².